The molecule has 2 heteroatoms. The maximum absolute atomic E-state index is 11.0. The Kier molecular flexibility index (Phi) is 2.76. The molecule has 0 saturated heterocycles. The second-order valence-corrected chi connectivity index (χ2v) is 4.26. The lowest BCUT2D eigenvalue weighted by atomic mass is 9.73. The van der Waals surface area contributed by atoms with Crippen LogP contribution in [-0.2, 0) is 4.79 Å². The van der Waals surface area contributed by atoms with Crippen LogP contribution >= 0.6 is 0 Å². The monoisotopic (exact) mass is 169 g/mol. The lowest BCUT2D eigenvalue weighted by Crippen LogP contribution is -2.46. The molecular weight excluding hydrogens is 150 g/mol. The first-order chi connectivity index (χ1) is 5.52. The van der Waals surface area contributed by atoms with Gasteiger partial charge in [-0.1, -0.05) is 13.8 Å². The number of hydrogen-bond acceptors (Lipinski definition) is 1. The Hall–Kier alpha value is -0.530. The van der Waals surface area contributed by atoms with E-state index in [9.17, 15) is 4.79 Å². The highest BCUT2D eigenvalue weighted by Crippen LogP contribution is 2.36. The van der Waals surface area contributed by atoms with Gasteiger partial charge in [-0.25, -0.2) is 0 Å². The van der Waals surface area contributed by atoms with Crippen molar-refractivity contribution in [2.45, 2.75) is 39.7 Å². The van der Waals surface area contributed by atoms with Crippen molar-refractivity contribution in [3.05, 3.63) is 0 Å². The van der Waals surface area contributed by atoms with E-state index in [2.05, 4.69) is 13.8 Å². The van der Waals surface area contributed by atoms with E-state index < -0.39 is 0 Å². The zero-order valence-corrected chi connectivity index (χ0v) is 8.50. The average Bonchev–Trinajstić information content (AvgIpc) is 1.82. The summed E-state index contributed by atoms with van der Waals surface area (Å²) in [6, 6.07) is 0.523. The molecule has 0 aromatic rings. The molecule has 1 aliphatic rings. The third-order valence-electron chi connectivity index (χ3n) is 3.14. The highest BCUT2D eigenvalue weighted by atomic mass is 16.2. The van der Waals surface area contributed by atoms with Gasteiger partial charge in [0.2, 0.25) is 5.91 Å². The number of rotatable bonds is 2. The van der Waals surface area contributed by atoms with Crippen molar-refractivity contribution >= 4 is 5.91 Å². The highest BCUT2D eigenvalue weighted by Gasteiger charge is 2.34. The van der Waals surface area contributed by atoms with Gasteiger partial charge in [-0.2, -0.15) is 0 Å². The molecule has 0 radical (unpaired) electrons. The van der Waals surface area contributed by atoms with Crippen molar-refractivity contribution < 1.29 is 4.79 Å². The van der Waals surface area contributed by atoms with Crippen molar-refractivity contribution in [2.75, 3.05) is 7.05 Å². The standard InChI is InChI=1S/C10H19NO/c1-7(2)9-5-10(6-9)11(4)8(3)12/h7,9-10H,5-6H2,1-4H3/t9-,10-. The van der Waals surface area contributed by atoms with E-state index in [0.29, 0.717) is 6.04 Å². The van der Waals surface area contributed by atoms with Crippen LogP contribution in [0.15, 0.2) is 0 Å². The third-order valence-corrected chi connectivity index (χ3v) is 3.14. The molecule has 1 amide bonds. The van der Waals surface area contributed by atoms with Gasteiger partial charge in [-0.05, 0) is 24.7 Å². The fraction of sp³-hybridized carbons (Fsp3) is 0.900. The predicted molar refractivity (Wildman–Crippen MR) is 49.8 cm³/mol. The quantitative estimate of drug-likeness (QED) is 0.618. The van der Waals surface area contributed by atoms with Gasteiger partial charge < -0.3 is 4.90 Å². The molecule has 0 unspecified atom stereocenters. The summed E-state index contributed by atoms with van der Waals surface area (Å²) in [5.41, 5.74) is 0. The Morgan fingerprint density at radius 1 is 1.42 bits per heavy atom. The van der Waals surface area contributed by atoms with Crippen LogP contribution in [0.2, 0.25) is 0 Å². The predicted octanol–water partition coefficient (Wildman–Crippen LogP) is 1.90. The van der Waals surface area contributed by atoms with Crippen molar-refractivity contribution in [2.24, 2.45) is 11.8 Å². The minimum atomic E-state index is 0.196. The Balaban J connectivity index is 2.29. The lowest BCUT2D eigenvalue weighted by Gasteiger charge is -2.42. The van der Waals surface area contributed by atoms with Crippen LogP contribution in [0.25, 0.3) is 0 Å². The van der Waals surface area contributed by atoms with Crippen molar-refractivity contribution in [1.82, 2.24) is 4.90 Å². The van der Waals surface area contributed by atoms with Gasteiger partial charge in [0.1, 0.15) is 0 Å². The molecular formula is C10H19NO. The van der Waals surface area contributed by atoms with E-state index in [-0.39, 0.29) is 5.91 Å². The van der Waals surface area contributed by atoms with Gasteiger partial charge in [-0.3, -0.25) is 4.79 Å². The summed E-state index contributed by atoms with van der Waals surface area (Å²) in [5.74, 6) is 1.82. The van der Waals surface area contributed by atoms with E-state index in [0.717, 1.165) is 11.8 Å². The number of hydrogen-bond donors (Lipinski definition) is 0. The average molecular weight is 169 g/mol. The highest BCUT2D eigenvalue weighted by molar-refractivity contribution is 5.73. The van der Waals surface area contributed by atoms with Gasteiger partial charge in [0.25, 0.3) is 0 Å². The van der Waals surface area contributed by atoms with Crippen molar-refractivity contribution in [1.29, 1.82) is 0 Å². The van der Waals surface area contributed by atoms with Gasteiger partial charge in [-0.15, -0.1) is 0 Å². The van der Waals surface area contributed by atoms with Crippen LogP contribution < -0.4 is 0 Å². The van der Waals surface area contributed by atoms with Crippen LogP contribution in [0.3, 0.4) is 0 Å². The summed E-state index contributed by atoms with van der Waals surface area (Å²) < 4.78 is 0. The molecule has 12 heavy (non-hydrogen) atoms. The van der Waals surface area contributed by atoms with E-state index in [4.69, 9.17) is 0 Å². The molecule has 0 spiro atoms. The van der Waals surface area contributed by atoms with Crippen LogP contribution in [0.1, 0.15) is 33.6 Å². The minimum Gasteiger partial charge on any atom is -0.343 e. The molecule has 1 fully saturated rings. The molecule has 2 nitrogen and oxygen atoms in total. The zero-order valence-electron chi connectivity index (χ0n) is 8.50. The third kappa shape index (κ3) is 1.79. The fourth-order valence-electron chi connectivity index (χ4n) is 1.75. The SMILES string of the molecule is CC(=O)N(C)[C@H]1C[C@H](C(C)C)C1. The molecule has 0 aromatic heterocycles. The molecule has 0 aromatic carbocycles. The largest absolute Gasteiger partial charge is 0.343 e. The first kappa shape index (κ1) is 9.56. The van der Waals surface area contributed by atoms with E-state index >= 15 is 0 Å². The summed E-state index contributed by atoms with van der Waals surface area (Å²) in [6.45, 7) is 6.16. The van der Waals surface area contributed by atoms with Crippen LogP contribution in [0.4, 0.5) is 0 Å². The van der Waals surface area contributed by atoms with E-state index in [1.807, 2.05) is 11.9 Å². The van der Waals surface area contributed by atoms with Crippen LogP contribution in [0.5, 0.6) is 0 Å². The Labute approximate surface area is 74.9 Å². The molecule has 0 heterocycles. The normalized spacial score (nSPS) is 28.4. The minimum absolute atomic E-state index is 0.196. The first-order valence-electron chi connectivity index (χ1n) is 4.75. The van der Waals surface area contributed by atoms with Crippen LogP contribution in [-0.4, -0.2) is 23.9 Å². The lowest BCUT2D eigenvalue weighted by molar-refractivity contribution is -0.132. The Morgan fingerprint density at radius 2 is 1.92 bits per heavy atom. The Morgan fingerprint density at radius 3 is 2.25 bits per heavy atom. The van der Waals surface area contributed by atoms with Gasteiger partial charge in [0.15, 0.2) is 0 Å². The second-order valence-electron chi connectivity index (χ2n) is 4.26. The van der Waals surface area contributed by atoms with Gasteiger partial charge in [0.05, 0.1) is 0 Å². The summed E-state index contributed by atoms with van der Waals surface area (Å²) in [6.07, 6.45) is 2.40. The second kappa shape index (κ2) is 3.46. The molecule has 0 atom stereocenters. The van der Waals surface area contributed by atoms with Gasteiger partial charge in [0, 0.05) is 20.0 Å². The smallest absolute Gasteiger partial charge is 0.219 e. The molecule has 0 N–H and O–H groups in total. The zero-order chi connectivity index (χ0) is 9.30. The fourth-order valence-corrected chi connectivity index (χ4v) is 1.75. The number of carbonyl (C=O) groups excluding carboxylic acids is 1. The molecule has 1 rings (SSSR count). The number of amides is 1. The van der Waals surface area contributed by atoms with Crippen molar-refractivity contribution in [3.63, 3.8) is 0 Å². The Bertz CT molecular complexity index is 171. The summed E-state index contributed by atoms with van der Waals surface area (Å²) in [7, 11) is 1.91. The van der Waals surface area contributed by atoms with E-state index in [1.54, 1.807) is 6.92 Å². The first-order valence-corrected chi connectivity index (χ1v) is 4.75. The molecule has 70 valence electrons. The maximum Gasteiger partial charge on any atom is 0.219 e. The number of carbonyl (C=O) groups is 1. The summed E-state index contributed by atoms with van der Waals surface area (Å²) in [5, 5.41) is 0. The molecule has 1 saturated carbocycles. The van der Waals surface area contributed by atoms with Crippen molar-refractivity contribution in [3.8, 4) is 0 Å². The van der Waals surface area contributed by atoms with Crippen LogP contribution in [0, 0.1) is 11.8 Å². The molecule has 0 aliphatic heterocycles. The summed E-state index contributed by atoms with van der Waals surface area (Å²) >= 11 is 0. The molecule has 1 aliphatic carbocycles. The number of nitrogens with zero attached hydrogens (tertiary/aromatic N) is 1. The van der Waals surface area contributed by atoms with E-state index in [1.165, 1.54) is 12.8 Å². The molecule has 0 bridgehead atoms. The van der Waals surface area contributed by atoms with Gasteiger partial charge >= 0.3 is 0 Å². The maximum atomic E-state index is 11.0. The topological polar surface area (TPSA) is 20.3 Å². The summed E-state index contributed by atoms with van der Waals surface area (Å²) in [4.78, 5) is 12.9.